The maximum absolute atomic E-state index is 12.9. The summed E-state index contributed by atoms with van der Waals surface area (Å²) in [6.07, 6.45) is 2.68. The summed E-state index contributed by atoms with van der Waals surface area (Å²) >= 11 is 0. The fraction of sp³-hybridized carbons (Fsp3) is 0.412. The lowest BCUT2D eigenvalue weighted by atomic mass is 10.1. The second-order valence-corrected chi connectivity index (χ2v) is 5.64. The Morgan fingerprint density at radius 3 is 2.96 bits per heavy atom. The van der Waals surface area contributed by atoms with Gasteiger partial charge in [-0.25, -0.2) is 4.98 Å². The van der Waals surface area contributed by atoms with E-state index in [0.29, 0.717) is 30.9 Å². The topological polar surface area (TPSA) is 73.4 Å². The molecule has 1 aliphatic rings. The molecule has 122 valence electrons. The second-order valence-electron chi connectivity index (χ2n) is 5.64. The first kappa shape index (κ1) is 15.6. The lowest BCUT2D eigenvalue weighted by molar-refractivity contribution is 0.0727. The number of imidazole rings is 1. The van der Waals surface area contributed by atoms with Gasteiger partial charge in [0.1, 0.15) is 5.75 Å². The molecule has 1 aliphatic heterocycles. The minimum absolute atomic E-state index is 0.0335. The van der Waals surface area contributed by atoms with Crippen LogP contribution in [0.2, 0.25) is 0 Å². The molecule has 2 heterocycles. The van der Waals surface area contributed by atoms with E-state index in [2.05, 4.69) is 16.5 Å². The van der Waals surface area contributed by atoms with Gasteiger partial charge >= 0.3 is 0 Å². The highest BCUT2D eigenvalue weighted by Gasteiger charge is 2.26. The molecule has 1 aromatic heterocycles. The van der Waals surface area contributed by atoms with Gasteiger partial charge in [0, 0.05) is 31.7 Å². The van der Waals surface area contributed by atoms with Crippen molar-refractivity contribution in [3.05, 3.63) is 47.0 Å². The summed E-state index contributed by atoms with van der Waals surface area (Å²) in [6, 6.07) is 5.50. The Bertz CT molecular complexity index is 723. The number of nitrogens with zero attached hydrogens (tertiary/aromatic N) is 3. The van der Waals surface area contributed by atoms with E-state index in [-0.39, 0.29) is 5.91 Å². The van der Waals surface area contributed by atoms with Crippen LogP contribution in [0.3, 0.4) is 0 Å². The molecular formula is C17H22N4O2. The molecule has 0 unspecified atom stereocenters. The van der Waals surface area contributed by atoms with Crippen molar-refractivity contribution in [3.63, 3.8) is 0 Å². The van der Waals surface area contributed by atoms with E-state index in [1.165, 1.54) is 5.69 Å². The van der Waals surface area contributed by atoms with Crippen LogP contribution in [0.5, 0.6) is 5.75 Å². The Kier molecular flexibility index (Phi) is 4.34. The summed E-state index contributed by atoms with van der Waals surface area (Å²) in [4.78, 5) is 19.2. The highest BCUT2D eigenvalue weighted by Crippen LogP contribution is 2.25. The maximum Gasteiger partial charge on any atom is 0.257 e. The van der Waals surface area contributed by atoms with E-state index in [0.717, 1.165) is 24.2 Å². The molecule has 2 aromatic rings. The number of rotatable bonds is 4. The normalized spacial score (nSPS) is 13.8. The average Bonchev–Trinajstić information content (AvgIpc) is 3.02. The zero-order chi connectivity index (χ0) is 16.4. The van der Waals surface area contributed by atoms with Crippen LogP contribution in [-0.2, 0) is 26.1 Å². The van der Waals surface area contributed by atoms with E-state index in [1.807, 2.05) is 23.4 Å². The van der Waals surface area contributed by atoms with Crippen LogP contribution in [0.1, 0.15) is 34.2 Å². The van der Waals surface area contributed by atoms with Crippen LogP contribution >= 0.6 is 0 Å². The molecule has 6 heteroatoms. The molecule has 0 aliphatic carbocycles. The van der Waals surface area contributed by atoms with Crippen LogP contribution in [0.15, 0.2) is 24.5 Å². The molecule has 0 saturated heterocycles. The standard InChI is InChI=1S/C17H22N4O2/c1-3-20-11-19-14-10-21(7-6-15(14)20)17(22)13-8-12(9-18)4-5-16(13)23-2/h4-5,8,11H,3,6-7,9-10,18H2,1-2H3. The summed E-state index contributed by atoms with van der Waals surface area (Å²) in [5, 5.41) is 0. The van der Waals surface area contributed by atoms with Crippen LogP contribution in [0.4, 0.5) is 0 Å². The number of hydrogen-bond donors (Lipinski definition) is 1. The lowest BCUT2D eigenvalue weighted by Crippen LogP contribution is -2.36. The molecule has 0 spiro atoms. The lowest BCUT2D eigenvalue weighted by Gasteiger charge is -2.27. The number of amides is 1. The van der Waals surface area contributed by atoms with Gasteiger partial charge in [-0.3, -0.25) is 4.79 Å². The largest absolute Gasteiger partial charge is 0.496 e. The van der Waals surface area contributed by atoms with Crippen LogP contribution in [0.25, 0.3) is 0 Å². The molecule has 0 atom stereocenters. The van der Waals surface area contributed by atoms with Crippen molar-refractivity contribution < 1.29 is 9.53 Å². The molecule has 1 aromatic carbocycles. The number of benzene rings is 1. The van der Waals surface area contributed by atoms with Gasteiger partial charge in [-0.05, 0) is 24.6 Å². The molecule has 6 nitrogen and oxygen atoms in total. The SMILES string of the molecule is CCn1cnc2c1CCN(C(=O)c1cc(CN)ccc1OC)C2. The van der Waals surface area contributed by atoms with E-state index >= 15 is 0 Å². The van der Waals surface area contributed by atoms with Gasteiger partial charge in [-0.15, -0.1) is 0 Å². The number of aryl methyl sites for hydroxylation is 1. The quantitative estimate of drug-likeness (QED) is 0.929. The Morgan fingerprint density at radius 2 is 2.26 bits per heavy atom. The fourth-order valence-corrected chi connectivity index (χ4v) is 3.04. The first-order valence-corrected chi connectivity index (χ1v) is 7.87. The van der Waals surface area contributed by atoms with E-state index in [1.54, 1.807) is 13.2 Å². The highest BCUT2D eigenvalue weighted by atomic mass is 16.5. The zero-order valence-corrected chi connectivity index (χ0v) is 13.6. The summed E-state index contributed by atoms with van der Waals surface area (Å²) in [5.74, 6) is 0.547. The average molecular weight is 314 g/mol. The Labute approximate surface area is 135 Å². The van der Waals surface area contributed by atoms with E-state index in [4.69, 9.17) is 10.5 Å². The van der Waals surface area contributed by atoms with Gasteiger partial charge in [0.2, 0.25) is 0 Å². The molecule has 3 rings (SSSR count). The summed E-state index contributed by atoms with van der Waals surface area (Å²) in [6.45, 7) is 4.63. The number of fused-ring (bicyclic) bond motifs is 1. The third kappa shape index (κ3) is 2.82. The summed E-state index contributed by atoms with van der Waals surface area (Å²) in [5.41, 5.74) is 9.40. The minimum Gasteiger partial charge on any atom is -0.496 e. The predicted octanol–water partition coefficient (Wildman–Crippen LogP) is 1.57. The number of ether oxygens (including phenoxy) is 1. The molecule has 2 N–H and O–H groups in total. The molecule has 23 heavy (non-hydrogen) atoms. The van der Waals surface area contributed by atoms with Crippen LogP contribution in [-0.4, -0.2) is 34.0 Å². The van der Waals surface area contributed by atoms with Gasteiger partial charge in [0.25, 0.3) is 5.91 Å². The molecule has 0 saturated carbocycles. The van der Waals surface area contributed by atoms with Crippen molar-refractivity contribution >= 4 is 5.91 Å². The van der Waals surface area contributed by atoms with Gasteiger partial charge in [0.15, 0.2) is 0 Å². The van der Waals surface area contributed by atoms with Crippen molar-refractivity contribution in [2.24, 2.45) is 5.73 Å². The number of carbonyl (C=O) groups excluding carboxylic acids is 1. The smallest absolute Gasteiger partial charge is 0.257 e. The number of carbonyl (C=O) groups is 1. The van der Waals surface area contributed by atoms with Gasteiger partial charge in [-0.2, -0.15) is 0 Å². The molecule has 1 amide bonds. The zero-order valence-electron chi connectivity index (χ0n) is 13.6. The van der Waals surface area contributed by atoms with Crippen molar-refractivity contribution in [1.29, 1.82) is 0 Å². The number of hydrogen-bond acceptors (Lipinski definition) is 4. The van der Waals surface area contributed by atoms with Crippen molar-refractivity contribution in [2.75, 3.05) is 13.7 Å². The van der Waals surface area contributed by atoms with E-state index < -0.39 is 0 Å². The van der Waals surface area contributed by atoms with Gasteiger partial charge in [-0.1, -0.05) is 6.07 Å². The second kappa shape index (κ2) is 6.42. The Hall–Kier alpha value is -2.34. The van der Waals surface area contributed by atoms with E-state index in [9.17, 15) is 4.79 Å². The van der Waals surface area contributed by atoms with Crippen molar-refractivity contribution in [2.45, 2.75) is 33.0 Å². The number of methoxy groups -OCH3 is 1. The molecule has 0 radical (unpaired) electrons. The fourth-order valence-electron chi connectivity index (χ4n) is 3.04. The summed E-state index contributed by atoms with van der Waals surface area (Å²) < 4.78 is 7.49. The maximum atomic E-state index is 12.9. The monoisotopic (exact) mass is 314 g/mol. The van der Waals surface area contributed by atoms with Crippen molar-refractivity contribution in [3.8, 4) is 5.75 Å². The van der Waals surface area contributed by atoms with Gasteiger partial charge in [0.05, 0.1) is 31.2 Å². The molecule has 0 fully saturated rings. The van der Waals surface area contributed by atoms with Crippen molar-refractivity contribution in [1.82, 2.24) is 14.5 Å². The Morgan fingerprint density at radius 1 is 1.43 bits per heavy atom. The number of aromatic nitrogens is 2. The van der Waals surface area contributed by atoms with Crippen LogP contribution in [0, 0.1) is 0 Å². The highest BCUT2D eigenvalue weighted by molar-refractivity contribution is 5.97. The number of nitrogens with two attached hydrogens (primary N) is 1. The molecule has 0 bridgehead atoms. The predicted molar refractivity (Wildman–Crippen MR) is 87.2 cm³/mol. The first-order valence-electron chi connectivity index (χ1n) is 7.87. The van der Waals surface area contributed by atoms with Gasteiger partial charge < -0.3 is 19.9 Å². The Balaban J connectivity index is 1.87. The third-order valence-electron chi connectivity index (χ3n) is 4.35. The third-order valence-corrected chi connectivity index (χ3v) is 4.35. The summed E-state index contributed by atoms with van der Waals surface area (Å²) in [7, 11) is 1.57. The van der Waals surface area contributed by atoms with Crippen LogP contribution < -0.4 is 10.5 Å². The minimum atomic E-state index is -0.0335. The molecular weight excluding hydrogens is 292 g/mol. The first-order chi connectivity index (χ1) is 11.2.